The van der Waals surface area contributed by atoms with Crippen LogP contribution in [0.5, 0.6) is 5.75 Å². The highest BCUT2D eigenvalue weighted by Crippen LogP contribution is 2.13. The number of imidazole rings is 1. The highest BCUT2D eigenvalue weighted by atomic mass is 16.5. The molecule has 4 nitrogen and oxygen atoms in total. The summed E-state index contributed by atoms with van der Waals surface area (Å²) in [6.07, 6.45) is 2.80. The van der Waals surface area contributed by atoms with E-state index in [0.29, 0.717) is 13.2 Å². The molecule has 2 rings (SSSR count). The van der Waals surface area contributed by atoms with Crippen molar-refractivity contribution in [3.05, 3.63) is 47.5 Å². The average Bonchev–Trinajstić information content (AvgIpc) is 2.70. The standard InChI is InChI=1S/C14H19N3O/c1-11-3-5-13(6-4-11)18-10-14-16-12(7-8-15)9-17(14)2/h3-6,9H,7-8,10,15H2,1-2H3. The lowest BCUT2D eigenvalue weighted by atomic mass is 10.2. The Labute approximate surface area is 107 Å². The van der Waals surface area contributed by atoms with Crippen molar-refractivity contribution in [1.29, 1.82) is 0 Å². The third-order valence-corrected chi connectivity index (χ3v) is 2.81. The van der Waals surface area contributed by atoms with Crippen LogP contribution in [0.25, 0.3) is 0 Å². The molecule has 1 heterocycles. The van der Waals surface area contributed by atoms with Crippen LogP contribution in [0.3, 0.4) is 0 Å². The molecule has 1 aromatic carbocycles. The van der Waals surface area contributed by atoms with E-state index in [4.69, 9.17) is 10.5 Å². The van der Waals surface area contributed by atoms with Crippen LogP contribution in [0.2, 0.25) is 0 Å². The van der Waals surface area contributed by atoms with Crippen LogP contribution in [-0.4, -0.2) is 16.1 Å². The molecule has 0 aliphatic rings. The zero-order valence-electron chi connectivity index (χ0n) is 10.9. The van der Waals surface area contributed by atoms with Gasteiger partial charge >= 0.3 is 0 Å². The molecule has 2 N–H and O–H groups in total. The van der Waals surface area contributed by atoms with Crippen molar-refractivity contribution in [1.82, 2.24) is 9.55 Å². The number of hydrogen-bond donors (Lipinski definition) is 1. The second-order valence-electron chi connectivity index (χ2n) is 4.40. The molecule has 0 saturated heterocycles. The summed E-state index contributed by atoms with van der Waals surface area (Å²) < 4.78 is 7.69. The molecule has 4 heteroatoms. The Kier molecular flexibility index (Phi) is 3.99. The minimum Gasteiger partial charge on any atom is -0.486 e. The number of aryl methyl sites for hydroxylation is 2. The monoisotopic (exact) mass is 245 g/mol. The molecule has 0 bridgehead atoms. The first-order valence-corrected chi connectivity index (χ1v) is 6.09. The number of ether oxygens (including phenoxy) is 1. The number of hydrogen-bond acceptors (Lipinski definition) is 3. The van der Waals surface area contributed by atoms with Gasteiger partial charge in [-0.25, -0.2) is 4.98 Å². The summed E-state index contributed by atoms with van der Waals surface area (Å²) in [4.78, 5) is 4.49. The van der Waals surface area contributed by atoms with E-state index in [1.54, 1.807) is 0 Å². The first-order valence-electron chi connectivity index (χ1n) is 6.09. The molecule has 1 aromatic heterocycles. The Morgan fingerprint density at radius 3 is 2.67 bits per heavy atom. The van der Waals surface area contributed by atoms with Crippen molar-refractivity contribution in [3.8, 4) is 5.75 Å². The fourth-order valence-electron chi connectivity index (χ4n) is 1.76. The minimum absolute atomic E-state index is 0.476. The average molecular weight is 245 g/mol. The predicted octanol–water partition coefficient (Wildman–Crippen LogP) is 1.81. The summed E-state index contributed by atoms with van der Waals surface area (Å²) in [5, 5.41) is 0. The van der Waals surface area contributed by atoms with Gasteiger partial charge in [0.2, 0.25) is 0 Å². The zero-order valence-corrected chi connectivity index (χ0v) is 10.9. The summed E-state index contributed by atoms with van der Waals surface area (Å²) in [5.74, 6) is 1.78. The Bertz CT molecular complexity index is 502. The van der Waals surface area contributed by atoms with Crippen molar-refractivity contribution in [2.45, 2.75) is 20.0 Å². The van der Waals surface area contributed by atoms with Gasteiger partial charge in [0.15, 0.2) is 0 Å². The highest BCUT2D eigenvalue weighted by molar-refractivity contribution is 5.26. The van der Waals surface area contributed by atoms with Crippen LogP contribution in [-0.2, 0) is 20.1 Å². The molecular weight excluding hydrogens is 226 g/mol. The molecule has 0 aliphatic carbocycles. The van der Waals surface area contributed by atoms with Gasteiger partial charge in [-0.1, -0.05) is 17.7 Å². The summed E-state index contributed by atoms with van der Waals surface area (Å²) in [6, 6.07) is 8.01. The molecule has 0 spiro atoms. The summed E-state index contributed by atoms with van der Waals surface area (Å²) in [5.41, 5.74) is 7.76. The van der Waals surface area contributed by atoms with Crippen molar-refractivity contribution in [2.75, 3.05) is 6.54 Å². The Balaban J connectivity index is 1.99. The SMILES string of the molecule is Cc1ccc(OCc2nc(CCN)cn2C)cc1. The number of benzene rings is 1. The molecule has 0 unspecified atom stereocenters. The quantitative estimate of drug-likeness (QED) is 0.874. The van der Waals surface area contributed by atoms with Crippen molar-refractivity contribution in [3.63, 3.8) is 0 Å². The molecule has 0 radical (unpaired) electrons. The largest absolute Gasteiger partial charge is 0.486 e. The first-order chi connectivity index (χ1) is 8.69. The number of nitrogens with zero attached hydrogens (tertiary/aromatic N) is 2. The van der Waals surface area contributed by atoms with Crippen LogP contribution in [0, 0.1) is 6.92 Å². The third kappa shape index (κ3) is 3.11. The third-order valence-electron chi connectivity index (χ3n) is 2.81. The van der Waals surface area contributed by atoms with Gasteiger partial charge in [0.05, 0.1) is 5.69 Å². The lowest BCUT2D eigenvalue weighted by molar-refractivity contribution is 0.291. The van der Waals surface area contributed by atoms with E-state index in [-0.39, 0.29) is 0 Å². The Hall–Kier alpha value is -1.81. The van der Waals surface area contributed by atoms with E-state index in [2.05, 4.69) is 11.9 Å². The lowest BCUT2D eigenvalue weighted by Crippen LogP contribution is -2.04. The molecule has 18 heavy (non-hydrogen) atoms. The fourth-order valence-corrected chi connectivity index (χ4v) is 1.76. The van der Waals surface area contributed by atoms with E-state index < -0.39 is 0 Å². The van der Waals surface area contributed by atoms with E-state index in [1.165, 1.54) is 5.56 Å². The maximum atomic E-state index is 5.70. The van der Waals surface area contributed by atoms with Gasteiger partial charge in [-0.2, -0.15) is 0 Å². The van der Waals surface area contributed by atoms with Crippen molar-refractivity contribution in [2.24, 2.45) is 12.8 Å². The second kappa shape index (κ2) is 5.69. The Morgan fingerprint density at radius 2 is 2.00 bits per heavy atom. The van der Waals surface area contributed by atoms with Gasteiger partial charge in [0.1, 0.15) is 18.2 Å². The van der Waals surface area contributed by atoms with E-state index in [0.717, 1.165) is 23.7 Å². The van der Waals surface area contributed by atoms with Crippen molar-refractivity contribution >= 4 is 0 Å². The maximum Gasteiger partial charge on any atom is 0.146 e. The van der Waals surface area contributed by atoms with E-state index in [1.807, 2.05) is 42.1 Å². The smallest absolute Gasteiger partial charge is 0.146 e. The van der Waals surface area contributed by atoms with Gasteiger partial charge in [0.25, 0.3) is 0 Å². The molecule has 0 atom stereocenters. The minimum atomic E-state index is 0.476. The maximum absolute atomic E-state index is 5.70. The molecule has 2 aromatic rings. The van der Waals surface area contributed by atoms with Gasteiger partial charge in [-0.3, -0.25) is 0 Å². The normalized spacial score (nSPS) is 10.6. The highest BCUT2D eigenvalue weighted by Gasteiger charge is 2.05. The van der Waals surface area contributed by atoms with Crippen LogP contribution in [0.4, 0.5) is 0 Å². The topological polar surface area (TPSA) is 53.1 Å². The second-order valence-corrected chi connectivity index (χ2v) is 4.40. The number of rotatable bonds is 5. The molecule has 0 amide bonds. The molecule has 0 saturated carbocycles. The summed E-state index contributed by atoms with van der Waals surface area (Å²) in [7, 11) is 1.97. The Morgan fingerprint density at radius 1 is 1.28 bits per heavy atom. The number of nitrogens with two attached hydrogens (primary N) is 1. The van der Waals surface area contributed by atoms with Gasteiger partial charge in [-0.15, -0.1) is 0 Å². The fraction of sp³-hybridized carbons (Fsp3) is 0.357. The summed E-state index contributed by atoms with van der Waals surface area (Å²) in [6.45, 7) is 3.15. The van der Waals surface area contributed by atoms with Gasteiger partial charge in [0, 0.05) is 19.7 Å². The first kappa shape index (κ1) is 12.6. The molecule has 96 valence electrons. The van der Waals surface area contributed by atoms with Crippen LogP contribution >= 0.6 is 0 Å². The lowest BCUT2D eigenvalue weighted by Gasteiger charge is -2.06. The molecular formula is C14H19N3O. The van der Waals surface area contributed by atoms with Crippen molar-refractivity contribution < 1.29 is 4.74 Å². The van der Waals surface area contributed by atoms with E-state index >= 15 is 0 Å². The molecule has 0 aliphatic heterocycles. The zero-order chi connectivity index (χ0) is 13.0. The number of aromatic nitrogens is 2. The predicted molar refractivity (Wildman–Crippen MR) is 71.5 cm³/mol. The van der Waals surface area contributed by atoms with E-state index in [9.17, 15) is 0 Å². The van der Waals surface area contributed by atoms with Gasteiger partial charge in [-0.05, 0) is 25.6 Å². The van der Waals surface area contributed by atoms with Crippen LogP contribution in [0.1, 0.15) is 17.1 Å². The van der Waals surface area contributed by atoms with Crippen LogP contribution < -0.4 is 10.5 Å². The molecule has 0 fully saturated rings. The van der Waals surface area contributed by atoms with Gasteiger partial charge < -0.3 is 15.0 Å². The van der Waals surface area contributed by atoms with Crippen LogP contribution in [0.15, 0.2) is 30.5 Å². The summed E-state index contributed by atoms with van der Waals surface area (Å²) >= 11 is 0.